The van der Waals surface area contributed by atoms with Gasteiger partial charge in [0.25, 0.3) is 5.69 Å². The highest BCUT2D eigenvalue weighted by molar-refractivity contribution is 7.89. The van der Waals surface area contributed by atoms with Crippen LogP contribution in [0.5, 0.6) is 0 Å². The van der Waals surface area contributed by atoms with Crippen molar-refractivity contribution < 1.29 is 18.1 Å². The van der Waals surface area contributed by atoms with Crippen LogP contribution in [0.15, 0.2) is 47.4 Å². The Morgan fingerprint density at radius 3 is 2.27 bits per heavy atom. The molecule has 1 heterocycles. The van der Waals surface area contributed by atoms with Crippen molar-refractivity contribution in [3.8, 4) is 0 Å². The molecule has 30 heavy (non-hydrogen) atoms. The molecule has 2 aromatic carbocycles. The smallest absolute Gasteiger partial charge is 0.294 e. The second-order valence-electron chi connectivity index (χ2n) is 7.41. The van der Waals surface area contributed by atoms with Gasteiger partial charge < -0.3 is 10.6 Å². The van der Waals surface area contributed by atoms with Crippen LogP contribution in [0.1, 0.15) is 26.7 Å². The lowest BCUT2D eigenvalue weighted by molar-refractivity contribution is -0.384. The van der Waals surface area contributed by atoms with Crippen molar-refractivity contribution in [2.45, 2.75) is 31.6 Å². The standard InChI is InChI=1S/C20H24N4O5S/c1-14-9-11-23(12-10-14)30(28,29)18-7-8-19(20(13-18)24(26)27)22-17-5-3-16(4-6-17)21-15(2)25/h3-8,13-14,22H,9-12H2,1-2H3,(H,21,25). The number of carbonyl (C=O) groups is 1. The van der Waals surface area contributed by atoms with E-state index in [2.05, 4.69) is 17.6 Å². The molecular formula is C20H24N4O5S. The van der Waals surface area contributed by atoms with Gasteiger partial charge in [0.1, 0.15) is 5.69 Å². The number of anilines is 3. The molecule has 1 aliphatic rings. The molecule has 0 saturated carbocycles. The van der Waals surface area contributed by atoms with E-state index in [0.29, 0.717) is 30.4 Å². The van der Waals surface area contributed by atoms with Gasteiger partial charge in [-0.25, -0.2) is 8.42 Å². The van der Waals surface area contributed by atoms with Gasteiger partial charge in [0.05, 0.1) is 9.82 Å². The molecular weight excluding hydrogens is 408 g/mol. The SMILES string of the molecule is CC(=O)Nc1ccc(Nc2ccc(S(=O)(=O)N3CCC(C)CC3)cc2[N+](=O)[O-])cc1. The molecule has 0 aromatic heterocycles. The highest BCUT2D eigenvalue weighted by Gasteiger charge is 2.30. The fourth-order valence-electron chi connectivity index (χ4n) is 3.30. The largest absolute Gasteiger partial charge is 0.350 e. The van der Waals surface area contributed by atoms with Crippen molar-refractivity contribution in [1.29, 1.82) is 0 Å². The predicted molar refractivity (Wildman–Crippen MR) is 114 cm³/mol. The Morgan fingerprint density at radius 1 is 1.10 bits per heavy atom. The summed E-state index contributed by atoms with van der Waals surface area (Å²) in [5.74, 6) is 0.265. The Morgan fingerprint density at radius 2 is 1.70 bits per heavy atom. The molecule has 160 valence electrons. The Balaban J connectivity index is 1.85. The molecule has 9 nitrogen and oxygen atoms in total. The summed E-state index contributed by atoms with van der Waals surface area (Å²) in [4.78, 5) is 22.0. The summed E-state index contributed by atoms with van der Waals surface area (Å²) in [6.07, 6.45) is 1.55. The number of amides is 1. The lowest BCUT2D eigenvalue weighted by atomic mass is 10.0. The molecule has 2 N–H and O–H groups in total. The summed E-state index contributed by atoms with van der Waals surface area (Å²) in [6.45, 7) is 4.31. The summed E-state index contributed by atoms with van der Waals surface area (Å²) in [5.41, 5.74) is 1.01. The van der Waals surface area contributed by atoms with Gasteiger partial charge >= 0.3 is 0 Å². The molecule has 1 saturated heterocycles. The van der Waals surface area contributed by atoms with E-state index in [9.17, 15) is 23.3 Å². The van der Waals surface area contributed by atoms with E-state index in [1.807, 2.05) is 0 Å². The quantitative estimate of drug-likeness (QED) is 0.530. The Hall–Kier alpha value is -2.98. The highest BCUT2D eigenvalue weighted by atomic mass is 32.2. The second-order valence-corrected chi connectivity index (χ2v) is 9.34. The van der Waals surface area contributed by atoms with Gasteiger partial charge in [-0.15, -0.1) is 0 Å². The van der Waals surface area contributed by atoms with Gasteiger partial charge in [-0.1, -0.05) is 6.92 Å². The third-order valence-corrected chi connectivity index (χ3v) is 6.93. The van der Waals surface area contributed by atoms with Crippen LogP contribution in [0.4, 0.5) is 22.7 Å². The Labute approximate surface area is 175 Å². The molecule has 0 atom stereocenters. The average molecular weight is 433 g/mol. The van der Waals surface area contributed by atoms with Crippen LogP contribution >= 0.6 is 0 Å². The summed E-state index contributed by atoms with van der Waals surface area (Å²) in [5, 5.41) is 17.2. The minimum Gasteiger partial charge on any atom is -0.350 e. The number of sulfonamides is 1. The average Bonchev–Trinajstić information content (AvgIpc) is 2.69. The molecule has 3 rings (SSSR count). The number of piperidine rings is 1. The molecule has 0 radical (unpaired) electrons. The number of nitro groups is 1. The van der Waals surface area contributed by atoms with Crippen LogP contribution < -0.4 is 10.6 Å². The molecule has 1 amide bonds. The Kier molecular flexibility index (Phi) is 6.37. The van der Waals surface area contributed by atoms with Gasteiger partial charge in [-0.2, -0.15) is 4.31 Å². The highest BCUT2D eigenvalue weighted by Crippen LogP contribution is 2.32. The second kappa shape index (κ2) is 8.80. The van der Waals surface area contributed by atoms with Crippen LogP contribution in [-0.4, -0.2) is 36.6 Å². The number of nitro benzene ring substituents is 1. The van der Waals surface area contributed by atoms with E-state index in [0.717, 1.165) is 18.9 Å². The number of rotatable bonds is 6. The first kappa shape index (κ1) is 21.7. The van der Waals surface area contributed by atoms with Crippen LogP contribution in [0.2, 0.25) is 0 Å². The van der Waals surface area contributed by atoms with Crippen molar-refractivity contribution in [3.63, 3.8) is 0 Å². The van der Waals surface area contributed by atoms with Gasteiger partial charge in [0.15, 0.2) is 0 Å². The van der Waals surface area contributed by atoms with Crippen molar-refractivity contribution in [1.82, 2.24) is 4.31 Å². The molecule has 0 unspecified atom stereocenters. The zero-order valence-electron chi connectivity index (χ0n) is 16.8. The third-order valence-electron chi connectivity index (χ3n) is 5.03. The monoisotopic (exact) mass is 432 g/mol. The predicted octanol–water partition coefficient (Wildman–Crippen LogP) is 3.72. The maximum Gasteiger partial charge on any atom is 0.294 e. The van der Waals surface area contributed by atoms with Crippen LogP contribution in [0.25, 0.3) is 0 Å². The fraction of sp³-hybridized carbons (Fsp3) is 0.350. The molecule has 0 aliphatic carbocycles. The minimum absolute atomic E-state index is 0.0877. The fourth-order valence-corrected chi connectivity index (χ4v) is 4.79. The molecule has 0 spiro atoms. The number of benzene rings is 2. The maximum atomic E-state index is 12.9. The van der Waals surface area contributed by atoms with Gasteiger partial charge in [0, 0.05) is 37.5 Å². The number of nitrogens with zero attached hydrogens (tertiary/aromatic N) is 2. The number of hydrogen-bond donors (Lipinski definition) is 2. The van der Waals surface area contributed by atoms with Crippen LogP contribution in [0, 0.1) is 16.0 Å². The lowest BCUT2D eigenvalue weighted by Gasteiger charge is -2.29. The van der Waals surface area contributed by atoms with E-state index in [1.54, 1.807) is 24.3 Å². The summed E-state index contributed by atoms with van der Waals surface area (Å²) < 4.78 is 27.2. The van der Waals surface area contributed by atoms with Gasteiger partial charge in [-0.05, 0) is 55.2 Å². The Bertz CT molecular complexity index is 1050. The zero-order chi connectivity index (χ0) is 21.9. The van der Waals surface area contributed by atoms with Crippen molar-refractivity contribution in [2.24, 2.45) is 5.92 Å². The van der Waals surface area contributed by atoms with Crippen molar-refractivity contribution >= 4 is 38.7 Å². The van der Waals surface area contributed by atoms with Crippen molar-refractivity contribution in [3.05, 3.63) is 52.6 Å². The lowest BCUT2D eigenvalue weighted by Crippen LogP contribution is -2.37. The van der Waals surface area contributed by atoms with E-state index in [1.165, 1.54) is 23.4 Å². The first-order valence-electron chi connectivity index (χ1n) is 9.60. The molecule has 2 aromatic rings. The van der Waals surface area contributed by atoms with Crippen LogP contribution in [0.3, 0.4) is 0 Å². The molecule has 0 bridgehead atoms. The van der Waals surface area contributed by atoms with E-state index >= 15 is 0 Å². The zero-order valence-corrected chi connectivity index (χ0v) is 17.6. The first-order chi connectivity index (χ1) is 14.2. The normalized spacial score (nSPS) is 15.5. The summed E-state index contributed by atoms with van der Waals surface area (Å²) in [6, 6.07) is 10.5. The molecule has 1 aliphatic heterocycles. The molecule has 10 heteroatoms. The maximum absolute atomic E-state index is 12.9. The van der Waals surface area contributed by atoms with Crippen molar-refractivity contribution in [2.75, 3.05) is 23.7 Å². The van der Waals surface area contributed by atoms with Gasteiger partial charge in [0.2, 0.25) is 15.9 Å². The van der Waals surface area contributed by atoms with E-state index in [-0.39, 0.29) is 22.2 Å². The summed E-state index contributed by atoms with van der Waals surface area (Å²) in [7, 11) is -3.79. The topological polar surface area (TPSA) is 122 Å². The first-order valence-corrected chi connectivity index (χ1v) is 11.0. The van der Waals surface area contributed by atoms with E-state index < -0.39 is 14.9 Å². The van der Waals surface area contributed by atoms with Crippen LogP contribution in [-0.2, 0) is 14.8 Å². The molecule has 1 fully saturated rings. The third kappa shape index (κ3) is 4.95. The van der Waals surface area contributed by atoms with Gasteiger partial charge in [-0.3, -0.25) is 14.9 Å². The minimum atomic E-state index is -3.79. The van der Waals surface area contributed by atoms with E-state index in [4.69, 9.17) is 0 Å². The number of carbonyl (C=O) groups excluding carboxylic acids is 1. The number of nitrogens with one attached hydrogen (secondary N) is 2. The number of hydrogen-bond acceptors (Lipinski definition) is 6. The summed E-state index contributed by atoms with van der Waals surface area (Å²) >= 11 is 0.